The minimum absolute atomic E-state index is 0.349. The maximum atomic E-state index is 5.56. The van der Waals surface area contributed by atoms with E-state index in [4.69, 9.17) is 9.47 Å². The third kappa shape index (κ3) is 2.81. The molecule has 1 unspecified atom stereocenters. The quantitative estimate of drug-likeness (QED) is 0.851. The fraction of sp³-hybridized carbons (Fsp3) is 0.471. The van der Waals surface area contributed by atoms with Crippen molar-refractivity contribution >= 4 is 0 Å². The Kier molecular flexibility index (Phi) is 4.34. The standard InChI is InChI=1S/C17H23N3O2/c1-19-10-8-18-17(19)12-20-9-4-5-15(20)14-11-13(21-2)6-7-16(14)22-3/h6-8,10-11,15H,4-5,9,12H2,1-3H3. The van der Waals surface area contributed by atoms with E-state index in [2.05, 4.69) is 20.5 Å². The van der Waals surface area contributed by atoms with Crippen LogP contribution in [0.15, 0.2) is 30.6 Å². The Bertz CT molecular complexity index is 639. The average Bonchev–Trinajstić information content (AvgIpc) is 3.16. The van der Waals surface area contributed by atoms with Crippen LogP contribution in [0.4, 0.5) is 0 Å². The summed E-state index contributed by atoms with van der Waals surface area (Å²) in [5, 5.41) is 0. The molecule has 1 aromatic carbocycles. The molecule has 0 amide bonds. The number of benzene rings is 1. The van der Waals surface area contributed by atoms with Crippen molar-refractivity contribution in [2.75, 3.05) is 20.8 Å². The van der Waals surface area contributed by atoms with Gasteiger partial charge in [-0.15, -0.1) is 0 Å². The second-order valence-electron chi connectivity index (χ2n) is 5.69. The lowest BCUT2D eigenvalue weighted by Crippen LogP contribution is -2.24. The van der Waals surface area contributed by atoms with Crippen LogP contribution in [0.2, 0.25) is 0 Å². The number of likely N-dealkylation sites (tertiary alicyclic amines) is 1. The van der Waals surface area contributed by atoms with Crippen molar-refractivity contribution in [1.29, 1.82) is 0 Å². The summed E-state index contributed by atoms with van der Waals surface area (Å²) in [5.41, 5.74) is 1.20. The minimum Gasteiger partial charge on any atom is -0.497 e. The molecule has 2 aromatic rings. The molecule has 2 heterocycles. The molecule has 1 aromatic heterocycles. The first kappa shape index (κ1) is 14.9. The number of methoxy groups -OCH3 is 2. The van der Waals surface area contributed by atoms with E-state index in [1.165, 1.54) is 12.0 Å². The van der Waals surface area contributed by atoms with Gasteiger partial charge in [0.15, 0.2) is 0 Å². The molecule has 5 heteroatoms. The Morgan fingerprint density at radius 1 is 1.27 bits per heavy atom. The van der Waals surface area contributed by atoms with Gasteiger partial charge in [-0.1, -0.05) is 0 Å². The molecule has 0 saturated carbocycles. The summed E-state index contributed by atoms with van der Waals surface area (Å²) in [6, 6.07) is 6.38. The number of aromatic nitrogens is 2. The predicted octanol–water partition coefficient (Wildman–Crippen LogP) is 2.77. The molecule has 0 aliphatic carbocycles. The number of imidazole rings is 1. The second kappa shape index (κ2) is 6.40. The summed E-state index contributed by atoms with van der Waals surface area (Å²) >= 11 is 0. The molecule has 1 atom stereocenters. The average molecular weight is 301 g/mol. The number of ether oxygens (including phenoxy) is 2. The Labute approximate surface area is 131 Å². The van der Waals surface area contributed by atoms with E-state index in [0.29, 0.717) is 6.04 Å². The molecule has 0 N–H and O–H groups in total. The van der Waals surface area contributed by atoms with Gasteiger partial charge in [-0.05, 0) is 37.6 Å². The molecule has 0 spiro atoms. The van der Waals surface area contributed by atoms with Gasteiger partial charge in [-0.3, -0.25) is 4.90 Å². The largest absolute Gasteiger partial charge is 0.497 e. The molecule has 1 aliphatic rings. The first-order valence-electron chi connectivity index (χ1n) is 7.65. The van der Waals surface area contributed by atoms with Gasteiger partial charge in [0.1, 0.15) is 17.3 Å². The molecule has 1 aliphatic heterocycles. The molecule has 1 saturated heterocycles. The number of aryl methyl sites for hydroxylation is 1. The summed E-state index contributed by atoms with van der Waals surface area (Å²) < 4.78 is 13.0. The van der Waals surface area contributed by atoms with Crippen LogP contribution in [0.25, 0.3) is 0 Å². The smallest absolute Gasteiger partial charge is 0.123 e. The molecule has 118 valence electrons. The highest BCUT2D eigenvalue weighted by atomic mass is 16.5. The van der Waals surface area contributed by atoms with Gasteiger partial charge in [-0.2, -0.15) is 0 Å². The van der Waals surface area contributed by atoms with E-state index in [1.54, 1.807) is 14.2 Å². The highest BCUT2D eigenvalue weighted by molar-refractivity contribution is 5.42. The van der Waals surface area contributed by atoms with Crippen LogP contribution in [0.1, 0.15) is 30.3 Å². The molecule has 0 bridgehead atoms. The molecule has 1 fully saturated rings. The topological polar surface area (TPSA) is 39.5 Å². The van der Waals surface area contributed by atoms with Crippen LogP contribution >= 0.6 is 0 Å². The van der Waals surface area contributed by atoms with Crippen LogP contribution < -0.4 is 9.47 Å². The third-order valence-electron chi connectivity index (χ3n) is 4.43. The minimum atomic E-state index is 0.349. The van der Waals surface area contributed by atoms with Gasteiger partial charge >= 0.3 is 0 Å². The summed E-state index contributed by atoms with van der Waals surface area (Å²) in [6.07, 6.45) is 6.17. The molecular weight excluding hydrogens is 278 g/mol. The van der Waals surface area contributed by atoms with Gasteiger partial charge in [0.05, 0.1) is 20.8 Å². The van der Waals surface area contributed by atoms with E-state index in [9.17, 15) is 0 Å². The number of hydrogen-bond acceptors (Lipinski definition) is 4. The SMILES string of the molecule is COc1ccc(OC)c(C2CCCN2Cc2nccn2C)c1. The number of hydrogen-bond donors (Lipinski definition) is 0. The lowest BCUT2D eigenvalue weighted by molar-refractivity contribution is 0.234. The molecular formula is C17H23N3O2. The number of rotatable bonds is 5. The summed E-state index contributed by atoms with van der Waals surface area (Å²) in [7, 11) is 5.47. The van der Waals surface area contributed by atoms with Crippen LogP contribution in [0.3, 0.4) is 0 Å². The zero-order valence-electron chi connectivity index (χ0n) is 13.5. The van der Waals surface area contributed by atoms with Crippen molar-refractivity contribution < 1.29 is 9.47 Å². The van der Waals surface area contributed by atoms with E-state index in [1.807, 2.05) is 31.6 Å². The van der Waals surface area contributed by atoms with E-state index in [0.717, 1.165) is 36.8 Å². The third-order valence-corrected chi connectivity index (χ3v) is 4.43. The van der Waals surface area contributed by atoms with E-state index < -0.39 is 0 Å². The second-order valence-corrected chi connectivity index (χ2v) is 5.69. The molecule has 3 rings (SSSR count). The Hall–Kier alpha value is -2.01. The lowest BCUT2D eigenvalue weighted by atomic mass is 10.0. The zero-order chi connectivity index (χ0) is 15.5. The van der Waals surface area contributed by atoms with E-state index >= 15 is 0 Å². The monoisotopic (exact) mass is 301 g/mol. The maximum absolute atomic E-state index is 5.56. The van der Waals surface area contributed by atoms with Crippen molar-refractivity contribution in [3.63, 3.8) is 0 Å². The Morgan fingerprint density at radius 3 is 2.82 bits per heavy atom. The van der Waals surface area contributed by atoms with Crippen molar-refractivity contribution in [1.82, 2.24) is 14.5 Å². The normalized spacial score (nSPS) is 18.6. The van der Waals surface area contributed by atoms with Crippen molar-refractivity contribution in [2.45, 2.75) is 25.4 Å². The Morgan fingerprint density at radius 2 is 2.14 bits per heavy atom. The predicted molar refractivity (Wildman–Crippen MR) is 85.1 cm³/mol. The van der Waals surface area contributed by atoms with Crippen LogP contribution in [0.5, 0.6) is 11.5 Å². The van der Waals surface area contributed by atoms with Crippen molar-refractivity contribution in [3.05, 3.63) is 42.0 Å². The highest BCUT2D eigenvalue weighted by Gasteiger charge is 2.29. The van der Waals surface area contributed by atoms with Gasteiger partial charge in [0.25, 0.3) is 0 Å². The van der Waals surface area contributed by atoms with Gasteiger partial charge in [0, 0.05) is 31.0 Å². The van der Waals surface area contributed by atoms with E-state index in [-0.39, 0.29) is 0 Å². The van der Waals surface area contributed by atoms with Gasteiger partial charge < -0.3 is 14.0 Å². The summed E-state index contributed by atoms with van der Waals surface area (Å²) in [5.74, 6) is 2.89. The highest BCUT2D eigenvalue weighted by Crippen LogP contribution is 2.39. The fourth-order valence-corrected chi connectivity index (χ4v) is 3.20. The number of nitrogens with zero attached hydrogens (tertiary/aromatic N) is 3. The molecule has 0 radical (unpaired) electrons. The summed E-state index contributed by atoms with van der Waals surface area (Å²) in [4.78, 5) is 6.92. The zero-order valence-corrected chi connectivity index (χ0v) is 13.5. The lowest BCUT2D eigenvalue weighted by Gasteiger charge is -2.26. The first-order valence-corrected chi connectivity index (χ1v) is 7.65. The van der Waals surface area contributed by atoms with Gasteiger partial charge in [0.2, 0.25) is 0 Å². The van der Waals surface area contributed by atoms with Crippen molar-refractivity contribution in [2.24, 2.45) is 7.05 Å². The fourth-order valence-electron chi connectivity index (χ4n) is 3.20. The Balaban J connectivity index is 1.88. The van der Waals surface area contributed by atoms with Gasteiger partial charge in [-0.25, -0.2) is 4.98 Å². The molecule has 22 heavy (non-hydrogen) atoms. The van der Waals surface area contributed by atoms with Crippen LogP contribution in [-0.2, 0) is 13.6 Å². The molecule has 5 nitrogen and oxygen atoms in total. The first-order chi connectivity index (χ1) is 10.7. The van der Waals surface area contributed by atoms with Crippen molar-refractivity contribution in [3.8, 4) is 11.5 Å². The van der Waals surface area contributed by atoms with Crippen LogP contribution in [0, 0.1) is 0 Å². The maximum Gasteiger partial charge on any atom is 0.123 e. The summed E-state index contributed by atoms with van der Waals surface area (Å²) in [6.45, 7) is 1.94. The van der Waals surface area contributed by atoms with Crippen LogP contribution in [-0.4, -0.2) is 35.2 Å².